The Kier molecular flexibility index (Phi) is 4.35. The zero-order chi connectivity index (χ0) is 17.9. The second kappa shape index (κ2) is 6.96. The first kappa shape index (κ1) is 16.3. The lowest BCUT2D eigenvalue weighted by molar-refractivity contribution is 0.517. The van der Waals surface area contributed by atoms with Crippen molar-refractivity contribution < 1.29 is 0 Å². The van der Waals surface area contributed by atoms with E-state index >= 15 is 0 Å². The van der Waals surface area contributed by atoms with Gasteiger partial charge >= 0.3 is 0 Å². The number of amidine groups is 1. The molecule has 0 bridgehead atoms. The van der Waals surface area contributed by atoms with Crippen LogP contribution in [-0.2, 0) is 0 Å². The number of fused-ring (bicyclic) bond motifs is 1. The average molecular weight is 345 g/mol. The second-order valence-electron chi connectivity index (χ2n) is 6.53. The molecule has 5 N–H and O–H groups in total. The lowest BCUT2D eigenvalue weighted by Crippen LogP contribution is -2.31. The van der Waals surface area contributed by atoms with E-state index in [1.54, 1.807) is 6.20 Å². The molecule has 2 aromatic rings. The number of hydrogen-bond donors (Lipinski definition) is 4. The molecule has 1 fully saturated rings. The molecule has 0 unspecified atom stereocenters. The smallest absolute Gasteiger partial charge is 0.132 e. The monoisotopic (exact) mass is 345 g/mol. The Morgan fingerprint density at radius 3 is 2.08 bits per heavy atom. The minimum absolute atomic E-state index is 0.505. The molecule has 4 rings (SSSR count). The molecule has 132 valence electrons. The zero-order valence-corrected chi connectivity index (χ0v) is 14.6. The van der Waals surface area contributed by atoms with Crippen molar-refractivity contribution in [3.05, 3.63) is 77.8 Å². The first-order valence-corrected chi connectivity index (χ1v) is 8.97. The molecular weight excluding hydrogens is 322 g/mol. The third kappa shape index (κ3) is 2.92. The number of likely N-dealkylation sites (tertiary alicyclic amines) is 1. The van der Waals surface area contributed by atoms with Gasteiger partial charge in [-0.25, -0.2) is 0 Å². The van der Waals surface area contributed by atoms with E-state index in [9.17, 15) is 0 Å². The summed E-state index contributed by atoms with van der Waals surface area (Å²) in [5.74, 6) is 1.31. The highest BCUT2D eigenvalue weighted by molar-refractivity contribution is 6.12. The summed E-state index contributed by atoms with van der Waals surface area (Å²) in [5, 5.41) is 15.7. The van der Waals surface area contributed by atoms with Crippen LogP contribution in [0.5, 0.6) is 0 Å². The number of para-hydroxylation sites is 2. The molecule has 2 aliphatic rings. The van der Waals surface area contributed by atoms with Crippen molar-refractivity contribution >= 4 is 22.8 Å². The van der Waals surface area contributed by atoms with Gasteiger partial charge in [-0.2, -0.15) is 0 Å². The Labute approximate surface area is 153 Å². The fourth-order valence-corrected chi connectivity index (χ4v) is 3.55. The lowest BCUT2D eigenvalue weighted by Gasteiger charge is -2.24. The van der Waals surface area contributed by atoms with Crippen molar-refractivity contribution in [2.75, 3.05) is 23.7 Å². The average Bonchev–Trinajstić information content (AvgIpc) is 3.35. The quantitative estimate of drug-likeness (QED) is 0.504. The van der Waals surface area contributed by atoms with E-state index in [2.05, 4.69) is 15.5 Å². The van der Waals surface area contributed by atoms with Crippen LogP contribution in [-0.4, -0.2) is 23.8 Å². The van der Waals surface area contributed by atoms with Crippen LogP contribution in [0.4, 0.5) is 11.4 Å². The number of benzene rings is 2. The summed E-state index contributed by atoms with van der Waals surface area (Å²) < 4.78 is 0. The maximum atomic E-state index is 8.89. The van der Waals surface area contributed by atoms with E-state index < -0.39 is 0 Å². The topological polar surface area (TPSA) is 77.2 Å². The number of anilines is 2. The zero-order valence-electron chi connectivity index (χ0n) is 14.6. The molecule has 0 aromatic heterocycles. The number of nitrogens with one attached hydrogen (secondary N) is 3. The van der Waals surface area contributed by atoms with E-state index in [1.807, 2.05) is 54.6 Å². The molecule has 0 atom stereocenters. The van der Waals surface area contributed by atoms with Crippen molar-refractivity contribution in [2.45, 2.75) is 12.8 Å². The van der Waals surface area contributed by atoms with Crippen molar-refractivity contribution in [3.8, 4) is 0 Å². The Hall–Kier alpha value is -3.21. The summed E-state index contributed by atoms with van der Waals surface area (Å²) in [6.07, 6.45) is 3.85. The maximum absolute atomic E-state index is 8.89. The summed E-state index contributed by atoms with van der Waals surface area (Å²) in [6.45, 7) is 1.82. The molecule has 5 heteroatoms. The van der Waals surface area contributed by atoms with Gasteiger partial charge in [-0.1, -0.05) is 42.5 Å². The molecule has 0 saturated carbocycles. The number of rotatable bonds is 3. The van der Waals surface area contributed by atoms with Crippen LogP contribution in [0.1, 0.15) is 18.4 Å². The highest BCUT2D eigenvalue weighted by Crippen LogP contribution is 2.35. The highest BCUT2D eigenvalue weighted by Gasteiger charge is 2.27. The van der Waals surface area contributed by atoms with Crippen LogP contribution >= 0.6 is 0 Å². The second-order valence-corrected chi connectivity index (χ2v) is 6.53. The summed E-state index contributed by atoms with van der Waals surface area (Å²) in [5.41, 5.74) is 10.7. The van der Waals surface area contributed by atoms with Crippen LogP contribution in [0.15, 0.2) is 72.2 Å². The molecule has 0 aliphatic carbocycles. The molecule has 5 nitrogen and oxygen atoms in total. The molecule has 2 aliphatic heterocycles. The molecule has 1 saturated heterocycles. The number of hydrogen-bond acceptors (Lipinski definition) is 4. The normalized spacial score (nSPS) is 16.1. The van der Waals surface area contributed by atoms with Crippen molar-refractivity contribution in [1.82, 2.24) is 4.90 Å². The van der Waals surface area contributed by atoms with Crippen LogP contribution < -0.4 is 16.4 Å². The molecular formula is C21H23N5. The highest BCUT2D eigenvalue weighted by atomic mass is 15.2. The Morgan fingerprint density at radius 2 is 1.50 bits per heavy atom. The van der Waals surface area contributed by atoms with E-state index in [4.69, 9.17) is 11.1 Å². The fourth-order valence-electron chi connectivity index (χ4n) is 3.55. The largest absolute Gasteiger partial charge is 0.404 e. The van der Waals surface area contributed by atoms with Crippen molar-refractivity contribution in [1.29, 1.82) is 5.41 Å². The molecule has 0 radical (unpaired) electrons. The van der Waals surface area contributed by atoms with Crippen molar-refractivity contribution in [3.63, 3.8) is 0 Å². The van der Waals surface area contributed by atoms with E-state index in [0.717, 1.165) is 59.8 Å². The van der Waals surface area contributed by atoms with Gasteiger partial charge in [0, 0.05) is 24.9 Å². The van der Waals surface area contributed by atoms with Gasteiger partial charge < -0.3 is 21.3 Å². The summed E-state index contributed by atoms with van der Waals surface area (Å²) in [7, 11) is 0. The summed E-state index contributed by atoms with van der Waals surface area (Å²) in [4.78, 5) is 2.13. The van der Waals surface area contributed by atoms with Gasteiger partial charge in [0.2, 0.25) is 0 Å². The van der Waals surface area contributed by atoms with Crippen molar-refractivity contribution in [2.24, 2.45) is 5.73 Å². The van der Waals surface area contributed by atoms with E-state index in [1.165, 1.54) is 0 Å². The molecule has 2 aromatic carbocycles. The first-order chi connectivity index (χ1) is 12.8. The van der Waals surface area contributed by atoms with Gasteiger partial charge in [-0.05, 0) is 30.5 Å². The standard InChI is InChI=1S/C21H23N5/c22-14-16(15-8-2-1-3-9-15)19(20(23)26-12-6-7-13-26)21-24-17-10-4-5-11-18(17)25-21/h1-5,8-11,14,23-25H,6-7,12-13,22H2/b16-14-,23-20?. The van der Waals surface area contributed by atoms with Gasteiger partial charge in [-0.3, -0.25) is 5.41 Å². The summed E-state index contributed by atoms with van der Waals surface area (Å²) in [6, 6.07) is 18.1. The summed E-state index contributed by atoms with van der Waals surface area (Å²) >= 11 is 0. The Morgan fingerprint density at radius 1 is 0.923 bits per heavy atom. The lowest BCUT2D eigenvalue weighted by atomic mass is 9.97. The van der Waals surface area contributed by atoms with E-state index in [-0.39, 0.29) is 0 Å². The molecule has 2 heterocycles. The Balaban J connectivity index is 1.80. The number of nitrogens with two attached hydrogens (primary N) is 1. The maximum Gasteiger partial charge on any atom is 0.132 e. The van der Waals surface area contributed by atoms with Crippen LogP contribution in [0.25, 0.3) is 5.57 Å². The predicted octanol–water partition coefficient (Wildman–Crippen LogP) is 3.81. The van der Waals surface area contributed by atoms with Gasteiger partial charge in [0.1, 0.15) is 11.7 Å². The van der Waals surface area contributed by atoms with Gasteiger partial charge in [0.05, 0.1) is 16.9 Å². The van der Waals surface area contributed by atoms with Gasteiger partial charge in [-0.15, -0.1) is 0 Å². The minimum atomic E-state index is 0.505. The molecule has 0 amide bonds. The molecule has 26 heavy (non-hydrogen) atoms. The predicted molar refractivity (Wildman–Crippen MR) is 108 cm³/mol. The van der Waals surface area contributed by atoms with Crippen LogP contribution in [0.2, 0.25) is 0 Å². The third-order valence-electron chi connectivity index (χ3n) is 4.88. The third-order valence-corrected chi connectivity index (χ3v) is 4.88. The minimum Gasteiger partial charge on any atom is -0.404 e. The van der Waals surface area contributed by atoms with E-state index in [0.29, 0.717) is 5.84 Å². The van der Waals surface area contributed by atoms with Crippen LogP contribution in [0.3, 0.4) is 0 Å². The first-order valence-electron chi connectivity index (χ1n) is 8.97. The Bertz CT molecular complexity index is 849. The van der Waals surface area contributed by atoms with Gasteiger partial charge in [0.25, 0.3) is 0 Å². The SMILES string of the molecule is N=C(C(=C1Nc2ccccc2N1)/C(=C\N)c1ccccc1)N1CCCC1. The fraction of sp³-hybridized carbons (Fsp3) is 0.190. The van der Waals surface area contributed by atoms with Crippen LogP contribution in [0, 0.1) is 5.41 Å². The number of nitrogens with zero attached hydrogens (tertiary/aromatic N) is 1. The van der Waals surface area contributed by atoms with Gasteiger partial charge in [0.15, 0.2) is 0 Å². The molecule has 0 spiro atoms.